The van der Waals surface area contributed by atoms with Gasteiger partial charge in [-0.1, -0.05) is 41.7 Å². The first-order chi connectivity index (χ1) is 11.0. The van der Waals surface area contributed by atoms with Crippen molar-refractivity contribution >= 4 is 22.5 Å². The summed E-state index contributed by atoms with van der Waals surface area (Å²) in [6.45, 7) is 3.76. The van der Waals surface area contributed by atoms with Gasteiger partial charge in [0.1, 0.15) is 0 Å². The molecule has 0 spiro atoms. The second-order valence-electron chi connectivity index (χ2n) is 6.23. The zero-order chi connectivity index (χ0) is 16.4. The highest BCUT2D eigenvalue weighted by Gasteiger charge is 2.42. The summed E-state index contributed by atoms with van der Waals surface area (Å²) in [5.74, 6) is 0.358. The molecule has 2 amide bonds. The van der Waals surface area contributed by atoms with Crippen molar-refractivity contribution < 1.29 is 9.90 Å². The van der Waals surface area contributed by atoms with E-state index in [-0.39, 0.29) is 12.6 Å². The summed E-state index contributed by atoms with van der Waals surface area (Å²) < 4.78 is 0. The molecule has 0 radical (unpaired) electrons. The molecule has 0 bridgehead atoms. The highest BCUT2D eigenvalue weighted by Crippen LogP contribution is 2.39. The van der Waals surface area contributed by atoms with Gasteiger partial charge in [0.15, 0.2) is 5.13 Å². The van der Waals surface area contributed by atoms with Crippen LogP contribution in [0.25, 0.3) is 10.4 Å². The van der Waals surface area contributed by atoms with Gasteiger partial charge in [-0.05, 0) is 38.2 Å². The van der Waals surface area contributed by atoms with Crippen LogP contribution in [0, 0.1) is 12.8 Å². The van der Waals surface area contributed by atoms with Gasteiger partial charge < -0.3 is 10.4 Å². The van der Waals surface area contributed by atoms with Crippen LogP contribution in [0.15, 0.2) is 30.3 Å². The van der Waals surface area contributed by atoms with E-state index in [2.05, 4.69) is 15.6 Å². The highest BCUT2D eigenvalue weighted by atomic mass is 32.1. The summed E-state index contributed by atoms with van der Waals surface area (Å²) in [4.78, 5) is 17.7. The van der Waals surface area contributed by atoms with Crippen molar-refractivity contribution in [1.29, 1.82) is 0 Å². The standard InChI is InChI=1S/C17H21N3O2S/c1-11-14(12-6-4-3-5-7-12)23-16(18-11)19-15(22)20-17(2,10-21)13-8-9-13/h3-7,13,21H,8-10H2,1-2H3,(H2,18,19,20,22). The minimum atomic E-state index is -0.557. The molecule has 0 saturated heterocycles. The summed E-state index contributed by atoms with van der Waals surface area (Å²) in [7, 11) is 0. The molecular formula is C17H21N3O2S. The van der Waals surface area contributed by atoms with E-state index in [0.717, 1.165) is 29.0 Å². The molecule has 1 aliphatic rings. The van der Waals surface area contributed by atoms with Crippen LogP contribution in [0.3, 0.4) is 0 Å². The fourth-order valence-corrected chi connectivity index (χ4v) is 3.65. The predicted molar refractivity (Wildman–Crippen MR) is 92.7 cm³/mol. The lowest BCUT2D eigenvalue weighted by atomic mass is 9.97. The minimum absolute atomic E-state index is 0.0583. The molecule has 2 aromatic rings. The molecule has 5 nitrogen and oxygen atoms in total. The van der Waals surface area contributed by atoms with E-state index < -0.39 is 5.54 Å². The van der Waals surface area contributed by atoms with Crippen molar-refractivity contribution in [2.75, 3.05) is 11.9 Å². The molecule has 1 aromatic heterocycles. The first-order valence-electron chi connectivity index (χ1n) is 7.75. The summed E-state index contributed by atoms with van der Waals surface area (Å²) in [6.07, 6.45) is 2.09. The second-order valence-corrected chi connectivity index (χ2v) is 7.23. The van der Waals surface area contributed by atoms with Crippen LogP contribution in [-0.2, 0) is 0 Å². The maximum Gasteiger partial charge on any atom is 0.321 e. The fraction of sp³-hybridized carbons (Fsp3) is 0.412. The number of benzene rings is 1. The molecule has 3 N–H and O–H groups in total. The number of amides is 2. The van der Waals surface area contributed by atoms with Crippen molar-refractivity contribution in [3.8, 4) is 10.4 Å². The zero-order valence-corrected chi connectivity index (χ0v) is 14.1. The van der Waals surface area contributed by atoms with Crippen LogP contribution in [0.1, 0.15) is 25.5 Å². The van der Waals surface area contributed by atoms with Gasteiger partial charge in [-0.25, -0.2) is 9.78 Å². The Kier molecular flexibility index (Phi) is 4.37. The number of nitrogens with one attached hydrogen (secondary N) is 2. The fourth-order valence-electron chi connectivity index (χ4n) is 2.69. The number of rotatable bonds is 5. The van der Waals surface area contributed by atoms with Crippen molar-refractivity contribution in [1.82, 2.24) is 10.3 Å². The van der Waals surface area contributed by atoms with Crippen molar-refractivity contribution in [2.45, 2.75) is 32.2 Å². The van der Waals surface area contributed by atoms with E-state index in [9.17, 15) is 9.90 Å². The molecule has 122 valence electrons. The number of aromatic nitrogens is 1. The third-order valence-electron chi connectivity index (χ3n) is 4.26. The number of hydrogen-bond acceptors (Lipinski definition) is 4. The molecule has 1 aliphatic carbocycles. The van der Waals surface area contributed by atoms with Gasteiger partial charge in [0.05, 0.1) is 22.7 Å². The van der Waals surface area contributed by atoms with Gasteiger partial charge >= 0.3 is 6.03 Å². The normalized spacial score (nSPS) is 16.7. The Morgan fingerprint density at radius 3 is 2.70 bits per heavy atom. The maximum absolute atomic E-state index is 12.2. The molecule has 3 rings (SSSR count). The Hall–Kier alpha value is -1.92. The second kappa shape index (κ2) is 6.29. The molecule has 1 unspecified atom stereocenters. The zero-order valence-electron chi connectivity index (χ0n) is 13.3. The largest absolute Gasteiger partial charge is 0.394 e. The van der Waals surface area contributed by atoms with Gasteiger partial charge in [-0.15, -0.1) is 0 Å². The molecule has 1 atom stereocenters. The molecule has 6 heteroatoms. The Labute approximate surface area is 139 Å². The van der Waals surface area contributed by atoms with E-state index in [1.165, 1.54) is 11.3 Å². The maximum atomic E-state index is 12.2. The molecular weight excluding hydrogens is 310 g/mol. The lowest BCUT2D eigenvalue weighted by molar-refractivity contribution is 0.159. The van der Waals surface area contributed by atoms with Crippen LogP contribution in [0.5, 0.6) is 0 Å². The first kappa shape index (κ1) is 16.0. The topological polar surface area (TPSA) is 74.2 Å². The molecule has 0 aliphatic heterocycles. The van der Waals surface area contributed by atoms with Crippen LogP contribution in [0.4, 0.5) is 9.93 Å². The molecule has 23 heavy (non-hydrogen) atoms. The molecule has 1 saturated carbocycles. The number of hydrogen-bond donors (Lipinski definition) is 3. The number of carbonyl (C=O) groups is 1. The summed E-state index contributed by atoms with van der Waals surface area (Å²) >= 11 is 1.45. The van der Waals surface area contributed by atoms with Crippen molar-refractivity contribution in [2.24, 2.45) is 5.92 Å². The summed E-state index contributed by atoms with van der Waals surface area (Å²) in [6, 6.07) is 9.68. The SMILES string of the molecule is Cc1nc(NC(=O)NC(C)(CO)C2CC2)sc1-c1ccccc1. The number of anilines is 1. The average Bonchev–Trinajstić information content (AvgIpc) is 3.33. The monoisotopic (exact) mass is 331 g/mol. The Morgan fingerprint density at radius 2 is 2.09 bits per heavy atom. The molecule has 1 heterocycles. The Bertz CT molecular complexity index is 697. The number of thiazole rings is 1. The van der Waals surface area contributed by atoms with Crippen LogP contribution in [0.2, 0.25) is 0 Å². The third kappa shape index (κ3) is 3.54. The average molecular weight is 331 g/mol. The lowest BCUT2D eigenvalue weighted by Gasteiger charge is -2.28. The molecule has 1 aromatic carbocycles. The van der Waals surface area contributed by atoms with E-state index in [1.54, 1.807) is 0 Å². The van der Waals surface area contributed by atoms with E-state index in [4.69, 9.17) is 0 Å². The number of urea groups is 1. The van der Waals surface area contributed by atoms with Gasteiger partial charge in [-0.3, -0.25) is 5.32 Å². The predicted octanol–water partition coefficient (Wildman–Crippen LogP) is 3.40. The number of carbonyl (C=O) groups excluding carboxylic acids is 1. The Morgan fingerprint density at radius 1 is 1.39 bits per heavy atom. The smallest absolute Gasteiger partial charge is 0.321 e. The van der Waals surface area contributed by atoms with E-state index in [1.807, 2.05) is 44.2 Å². The van der Waals surface area contributed by atoms with Crippen molar-refractivity contribution in [3.63, 3.8) is 0 Å². The Balaban J connectivity index is 1.70. The number of aliphatic hydroxyl groups is 1. The number of nitrogens with zero attached hydrogens (tertiary/aromatic N) is 1. The first-order valence-corrected chi connectivity index (χ1v) is 8.56. The number of aryl methyl sites for hydroxylation is 1. The van der Waals surface area contributed by atoms with Crippen LogP contribution < -0.4 is 10.6 Å². The van der Waals surface area contributed by atoms with E-state index in [0.29, 0.717) is 11.0 Å². The van der Waals surface area contributed by atoms with Crippen LogP contribution >= 0.6 is 11.3 Å². The van der Waals surface area contributed by atoms with Gasteiger partial charge in [0.2, 0.25) is 0 Å². The minimum Gasteiger partial charge on any atom is -0.394 e. The quantitative estimate of drug-likeness (QED) is 0.786. The van der Waals surface area contributed by atoms with Gasteiger partial charge in [-0.2, -0.15) is 0 Å². The summed E-state index contributed by atoms with van der Waals surface area (Å²) in [5, 5.41) is 15.8. The third-order valence-corrected chi connectivity index (χ3v) is 5.38. The van der Waals surface area contributed by atoms with Gasteiger partial charge in [0, 0.05) is 0 Å². The number of aliphatic hydroxyl groups excluding tert-OH is 1. The lowest BCUT2D eigenvalue weighted by Crippen LogP contribution is -2.52. The van der Waals surface area contributed by atoms with E-state index >= 15 is 0 Å². The summed E-state index contributed by atoms with van der Waals surface area (Å²) in [5.41, 5.74) is 1.43. The van der Waals surface area contributed by atoms with Crippen molar-refractivity contribution in [3.05, 3.63) is 36.0 Å². The van der Waals surface area contributed by atoms with Gasteiger partial charge in [0.25, 0.3) is 0 Å². The van der Waals surface area contributed by atoms with Crippen LogP contribution in [-0.4, -0.2) is 28.3 Å². The molecule has 1 fully saturated rings. The highest BCUT2D eigenvalue weighted by molar-refractivity contribution is 7.19.